The summed E-state index contributed by atoms with van der Waals surface area (Å²) in [5.74, 6) is 2.60. The highest BCUT2D eigenvalue weighted by Crippen LogP contribution is 2.11. The summed E-state index contributed by atoms with van der Waals surface area (Å²) in [6.45, 7) is 2.02. The molecular weight excluding hydrogens is 286 g/mol. The normalized spacial score (nSPS) is 9.86. The number of nitrogens with zero attached hydrogens (tertiary/aromatic N) is 2. The molecule has 0 aliphatic rings. The van der Waals surface area contributed by atoms with Crippen LogP contribution in [0.5, 0.6) is 0 Å². The van der Waals surface area contributed by atoms with Crippen molar-refractivity contribution in [1.29, 1.82) is 0 Å². The van der Waals surface area contributed by atoms with Crippen LogP contribution in [0.25, 0.3) is 0 Å². The second-order valence-corrected chi connectivity index (χ2v) is 4.24. The van der Waals surface area contributed by atoms with Crippen molar-refractivity contribution in [3.63, 3.8) is 0 Å². The number of carboxylic acids is 2. The Labute approximate surface area is 126 Å². The standard InChI is InChI=1S/C8H6O4.C7H9N3/c9-7(10)5-2-1-3-6(4-5)8(11)12;1-6-2-4-7(5-3-6)9-10-8/h1-4H,(H,9,10)(H,11,12);2-5H,1H3,(H2,8,9). The van der Waals surface area contributed by atoms with E-state index in [9.17, 15) is 9.59 Å². The van der Waals surface area contributed by atoms with Crippen LogP contribution >= 0.6 is 0 Å². The number of aryl methyl sites for hydroxylation is 1. The van der Waals surface area contributed by atoms with E-state index in [1.165, 1.54) is 23.8 Å². The molecule has 7 heteroatoms. The fourth-order valence-electron chi connectivity index (χ4n) is 1.46. The Kier molecular flexibility index (Phi) is 6.24. The molecule has 0 aliphatic heterocycles. The van der Waals surface area contributed by atoms with Gasteiger partial charge in [-0.25, -0.2) is 9.59 Å². The molecule has 7 nitrogen and oxygen atoms in total. The highest BCUT2D eigenvalue weighted by molar-refractivity contribution is 5.93. The van der Waals surface area contributed by atoms with Gasteiger partial charge in [-0.15, -0.1) is 5.11 Å². The van der Waals surface area contributed by atoms with Gasteiger partial charge in [0.1, 0.15) is 0 Å². The first-order chi connectivity index (χ1) is 10.4. The first-order valence-electron chi connectivity index (χ1n) is 6.18. The minimum Gasteiger partial charge on any atom is -0.478 e. The van der Waals surface area contributed by atoms with Crippen LogP contribution in [-0.4, -0.2) is 22.2 Å². The van der Waals surface area contributed by atoms with Crippen LogP contribution < -0.4 is 5.84 Å². The summed E-state index contributed by atoms with van der Waals surface area (Å²) in [7, 11) is 0. The van der Waals surface area contributed by atoms with Gasteiger partial charge >= 0.3 is 11.9 Å². The molecule has 0 atom stereocenters. The molecule has 0 radical (unpaired) electrons. The van der Waals surface area contributed by atoms with Crippen molar-refractivity contribution in [3.05, 3.63) is 65.2 Å². The van der Waals surface area contributed by atoms with E-state index in [0.29, 0.717) is 0 Å². The summed E-state index contributed by atoms with van der Waals surface area (Å²) < 4.78 is 0. The third-order valence-electron chi connectivity index (χ3n) is 2.56. The van der Waals surface area contributed by atoms with Gasteiger partial charge in [0.2, 0.25) is 0 Å². The minimum absolute atomic E-state index is 0.0186. The summed E-state index contributed by atoms with van der Waals surface area (Å²) in [6.07, 6.45) is 0. The van der Waals surface area contributed by atoms with Gasteiger partial charge in [0.25, 0.3) is 0 Å². The van der Waals surface area contributed by atoms with Crippen molar-refractivity contribution in [1.82, 2.24) is 0 Å². The summed E-state index contributed by atoms with van der Waals surface area (Å²) in [5.41, 5.74) is 1.95. The number of benzene rings is 2. The zero-order valence-electron chi connectivity index (χ0n) is 11.8. The van der Waals surface area contributed by atoms with E-state index in [1.807, 2.05) is 31.2 Å². The molecule has 0 aliphatic carbocycles. The zero-order chi connectivity index (χ0) is 16.5. The highest BCUT2D eigenvalue weighted by Gasteiger charge is 2.06. The zero-order valence-corrected chi connectivity index (χ0v) is 11.8. The Morgan fingerprint density at radius 3 is 1.86 bits per heavy atom. The molecule has 0 unspecified atom stereocenters. The van der Waals surface area contributed by atoms with E-state index in [0.717, 1.165) is 11.8 Å². The molecule has 0 spiro atoms. The third-order valence-corrected chi connectivity index (χ3v) is 2.56. The molecule has 4 N–H and O–H groups in total. The average Bonchev–Trinajstić information content (AvgIpc) is 2.50. The van der Waals surface area contributed by atoms with Gasteiger partial charge in [-0.3, -0.25) is 0 Å². The maximum absolute atomic E-state index is 10.4. The summed E-state index contributed by atoms with van der Waals surface area (Å²) >= 11 is 0. The van der Waals surface area contributed by atoms with Crippen molar-refractivity contribution in [2.45, 2.75) is 6.92 Å². The molecule has 114 valence electrons. The number of hydrogen-bond donors (Lipinski definition) is 3. The number of nitrogens with two attached hydrogens (primary N) is 1. The monoisotopic (exact) mass is 301 g/mol. The van der Waals surface area contributed by atoms with Crippen LogP contribution in [-0.2, 0) is 0 Å². The van der Waals surface area contributed by atoms with Gasteiger partial charge in [0.05, 0.1) is 16.8 Å². The fraction of sp³-hybridized carbons (Fsp3) is 0.0667. The van der Waals surface area contributed by atoms with Crippen LogP contribution in [0.15, 0.2) is 58.9 Å². The molecule has 0 saturated heterocycles. The lowest BCUT2D eigenvalue weighted by molar-refractivity contribution is 0.0696. The Bertz CT molecular complexity index is 652. The Hall–Kier alpha value is -3.22. The lowest BCUT2D eigenvalue weighted by atomic mass is 10.1. The van der Waals surface area contributed by atoms with Gasteiger partial charge in [-0.2, -0.15) is 0 Å². The third kappa shape index (κ3) is 5.41. The Balaban J connectivity index is 0.000000224. The van der Waals surface area contributed by atoms with E-state index in [1.54, 1.807) is 0 Å². The van der Waals surface area contributed by atoms with Crippen LogP contribution in [0, 0.1) is 6.92 Å². The molecule has 2 rings (SSSR count). The van der Waals surface area contributed by atoms with Crippen LogP contribution in [0.4, 0.5) is 5.69 Å². The predicted molar refractivity (Wildman–Crippen MR) is 80.2 cm³/mol. The molecule has 0 aromatic heterocycles. The number of hydrogen-bond acceptors (Lipinski definition) is 4. The topological polar surface area (TPSA) is 125 Å². The number of carboxylic acid groups (broad SMARTS) is 2. The Morgan fingerprint density at radius 1 is 0.955 bits per heavy atom. The lowest BCUT2D eigenvalue weighted by Crippen LogP contribution is -2.01. The van der Waals surface area contributed by atoms with Crippen molar-refractivity contribution >= 4 is 17.6 Å². The summed E-state index contributed by atoms with van der Waals surface area (Å²) in [5, 5.41) is 23.8. The largest absolute Gasteiger partial charge is 0.478 e. The van der Waals surface area contributed by atoms with E-state index in [4.69, 9.17) is 16.1 Å². The number of aromatic carboxylic acids is 2. The van der Waals surface area contributed by atoms with Crippen LogP contribution in [0.1, 0.15) is 26.3 Å². The molecule has 22 heavy (non-hydrogen) atoms. The average molecular weight is 301 g/mol. The van der Waals surface area contributed by atoms with Gasteiger partial charge in [-0.1, -0.05) is 29.0 Å². The highest BCUT2D eigenvalue weighted by atomic mass is 16.4. The second-order valence-electron chi connectivity index (χ2n) is 4.24. The van der Waals surface area contributed by atoms with Crippen LogP contribution in [0.3, 0.4) is 0 Å². The molecule has 0 fully saturated rings. The van der Waals surface area contributed by atoms with E-state index < -0.39 is 11.9 Å². The fourth-order valence-corrected chi connectivity index (χ4v) is 1.46. The predicted octanol–water partition coefficient (Wildman–Crippen LogP) is 3.04. The molecule has 0 heterocycles. The number of carbonyl (C=O) groups is 2. The number of rotatable bonds is 3. The van der Waals surface area contributed by atoms with Crippen LogP contribution in [0.2, 0.25) is 0 Å². The second kappa shape index (κ2) is 8.15. The van der Waals surface area contributed by atoms with Crippen molar-refractivity contribution < 1.29 is 19.8 Å². The molecular formula is C15H15N3O4. The van der Waals surface area contributed by atoms with Gasteiger partial charge in [0.15, 0.2) is 0 Å². The van der Waals surface area contributed by atoms with E-state index in [2.05, 4.69) is 10.3 Å². The smallest absolute Gasteiger partial charge is 0.335 e. The van der Waals surface area contributed by atoms with E-state index in [-0.39, 0.29) is 11.1 Å². The maximum atomic E-state index is 10.4. The molecule has 0 bridgehead atoms. The van der Waals surface area contributed by atoms with Gasteiger partial charge in [0, 0.05) is 0 Å². The van der Waals surface area contributed by atoms with Crippen molar-refractivity contribution in [2.24, 2.45) is 16.2 Å². The minimum atomic E-state index is -1.13. The quantitative estimate of drug-likeness (QED) is 0.456. The molecule has 0 amide bonds. The van der Waals surface area contributed by atoms with Gasteiger partial charge in [-0.05, 0) is 37.3 Å². The van der Waals surface area contributed by atoms with Crippen molar-refractivity contribution in [3.8, 4) is 0 Å². The molecule has 2 aromatic rings. The first-order valence-corrected chi connectivity index (χ1v) is 6.18. The summed E-state index contributed by atoms with van der Waals surface area (Å²) in [4.78, 5) is 20.8. The van der Waals surface area contributed by atoms with Crippen molar-refractivity contribution in [2.75, 3.05) is 0 Å². The van der Waals surface area contributed by atoms with Gasteiger partial charge < -0.3 is 16.1 Å². The first kappa shape index (κ1) is 16.8. The lowest BCUT2D eigenvalue weighted by Gasteiger charge is -1.95. The molecule has 0 saturated carbocycles. The Morgan fingerprint density at radius 2 is 1.45 bits per heavy atom. The SMILES string of the molecule is Cc1ccc(N=NN)cc1.O=C(O)c1cccc(C(=O)O)c1. The summed E-state index contributed by atoms with van der Waals surface area (Å²) in [6, 6.07) is 12.9. The molecule has 2 aromatic carbocycles. The maximum Gasteiger partial charge on any atom is 0.335 e. The van der Waals surface area contributed by atoms with E-state index >= 15 is 0 Å².